The average molecular weight is 541 g/mol. The lowest BCUT2D eigenvalue weighted by Crippen LogP contribution is -2.49. The molecule has 1 aromatic carbocycles. The van der Waals surface area contributed by atoms with Crippen LogP contribution in [0, 0.1) is 5.92 Å². The van der Waals surface area contributed by atoms with E-state index in [0.717, 1.165) is 6.07 Å². The van der Waals surface area contributed by atoms with E-state index in [1.807, 2.05) is 13.8 Å². The standard InChI is InChI=1S/C21H30F3N3O2.HI/c1-5-29-18(28)15-9-11-27(12-10-15)19(25-4)26-14-20(2,3)16-7-6-8-17(13-16)21(22,23)24;/h6-8,13,15H,5,9-12,14H2,1-4H3,(H,25,26);1H. The number of benzene rings is 1. The summed E-state index contributed by atoms with van der Waals surface area (Å²) in [5.41, 5.74) is -0.565. The monoisotopic (exact) mass is 541 g/mol. The number of halogens is 4. The molecule has 0 amide bonds. The molecule has 170 valence electrons. The van der Waals surface area contributed by atoms with Gasteiger partial charge < -0.3 is 15.0 Å². The van der Waals surface area contributed by atoms with Gasteiger partial charge in [-0.15, -0.1) is 24.0 Å². The number of likely N-dealkylation sites (tertiary alicyclic amines) is 1. The van der Waals surface area contributed by atoms with E-state index in [-0.39, 0.29) is 35.9 Å². The molecule has 1 fully saturated rings. The number of carbonyl (C=O) groups is 1. The van der Waals surface area contributed by atoms with Gasteiger partial charge in [-0.3, -0.25) is 9.79 Å². The van der Waals surface area contributed by atoms with Crippen molar-refractivity contribution in [2.24, 2.45) is 10.9 Å². The Morgan fingerprint density at radius 1 is 1.23 bits per heavy atom. The van der Waals surface area contributed by atoms with Crippen molar-refractivity contribution in [3.63, 3.8) is 0 Å². The van der Waals surface area contributed by atoms with Crippen molar-refractivity contribution in [1.82, 2.24) is 10.2 Å². The molecule has 0 radical (unpaired) electrons. The lowest BCUT2D eigenvalue weighted by Gasteiger charge is -2.35. The summed E-state index contributed by atoms with van der Waals surface area (Å²) in [6, 6.07) is 5.44. The molecule has 0 unspecified atom stereocenters. The number of hydrogen-bond donors (Lipinski definition) is 1. The third-order valence-corrected chi connectivity index (χ3v) is 5.29. The van der Waals surface area contributed by atoms with Crippen molar-refractivity contribution in [1.29, 1.82) is 0 Å². The largest absolute Gasteiger partial charge is 0.466 e. The predicted molar refractivity (Wildman–Crippen MR) is 122 cm³/mol. The Bertz CT molecular complexity index is 730. The van der Waals surface area contributed by atoms with Gasteiger partial charge in [0.05, 0.1) is 18.1 Å². The SMILES string of the molecule is CCOC(=O)C1CCN(C(=NC)NCC(C)(C)c2cccc(C(F)(F)F)c2)CC1.I. The van der Waals surface area contributed by atoms with Gasteiger partial charge in [-0.05, 0) is 31.4 Å². The highest BCUT2D eigenvalue weighted by molar-refractivity contribution is 14.0. The molecule has 0 bridgehead atoms. The molecule has 2 rings (SSSR count). The third-order valence-electron chi connectivity index (χ3n) is 5.29. The number of piperidine rings is 1. The van der Waals surface area contributed by atoms with Crippen molar-refractivity contribution >= 4 is 35.9 Å². The Labute approximate surface area is 193 Å². The van der Waals surface area contributed by atoms with Crippen molar-refractivity contribution in [3.05, 3.63) is 35.4 Å². The van der Waals surface area contributed by atoms with Crippen LogP contribution in [-0.2, 0) is 21.1 Å². The molecule has 30 heavy (non-hydrogen) atoms. The highest BCUT2D eigenvalue weighted by atomic mass is 127. The fourth-order valence-electron chi connectivity index (χ4n) is 3.44. The van der Waals surface area contributed by atoms with Crippen molar-refractivity contribution in [2.75, 3.05) is 33.3 Å². The molecule has 1 heterocycles. The summed E-state index contributed by atoms with van der Waals surface area (Å²) in [5, 5.41) is 3.28. The van der Waals surface area contributed by atoms with Crippen molar-refractivity contribution < 1.29 is 22.7 Å². The van der Waals surface area contributed by atoms with E-state index >= 15 is 0 Å². The number of rotatable bonds is 5. The first-order valence-corrected chi connectivity index (χ1v) is 9.88. The number of nitrogens with one attached hydrogen (secondary N) is 1. The first-order chi connectivity index (χ1) is 13.6. The minimum Gasteiger partial charge on any atom is -0.466 e. The molecule has 1 aliphatic rings. The molecule has 0 aromatic heterocycles. The van der Waals surface area contributed by atoms with Crippen LogP contribution in [0.15, 0.2) is 29.3 Å². The molecule has 0 atom stereocenters. The van der Waals surface area contributed by atoms with Gasteiger partial charge >= 0.3 is 12.1 Å². The van der Waals surface area contributed by atoms with Crippen LogP contribution >= 0.6 is 24.0 Å². The number of ether oxygens (including phenoxy) is 1. The van der Waals surface area contributed by atoms with E-state index in [9.17, 15) is 18.0 Å². The van der Waals surface area contributed by atoms with Crippen LogP contribution in [-0.4, -0.2) is 50.1 Å². The maximum atomic E-state index is 13.0. The highest BCUT2D eigenvalue weighted by Crippen LogP contribution is 2.32. The van der Waals surface area contributed by atoms with E-state index in [1.54, 1.807) is 20.0 Å². The Morgan fingerprint density at radius 2 is 1.83 bits per heavy atom. The molecule has 0 saturated carbocycles. The van der Waals surface area contributed by atoms with Crippen LogP contribution in [0.25, 0.3) is 0 Å². The second-order valence-electron chi connectivity index (χ2n) is 7.88. The first kappa shape index (κ1) is 26.5. The van der Waals surface area contributed by atoms with Crippen molar-refractivity contribution in [2.45, 2.75) is 45.2 Å². The van der Waals surface area contributed by atoms with Crippen molar-refractivity contribution in [3.8, 4) is 0 Å². The first-order valence-electron chi connectivity index (χ1n) is 9.88. The minimum absolute atomic E-state index is 0. The normalized spacial score (nSPS) is 16.1. The summed E-state index contributed by atoms with van der Waals surface area (Å²) in [6.07, 6.45) is -2.98. The van der Waals surface area contributed by atoms with Gasteiger partial charge in [0, 0.05) is 32.1 Å². The van der Waals surface area contributed by atoms with Gasteiger partial charge in [0.1, 0.15) is 0 Å². The Hall–Kier alpha value is -1.52. The zero-order chi connectivity index (χ0) is 21.7. The van der Waals surface area contributed by atoms with Gasteiger partial charge in [0.15, 0.2) is 5.96 Å². The number of alkyl halides is 3. The Balaban J connectivity index is 0.00000450. The third kappa shape index (κ3) is 7.02. The number of esters is 1. The summed E-state index contributed by atoms with van der Waals surface area (Å²) >= 11 is 0. The van der Waals surface area contributed by atoms with Crippen LogP contribution < -0.4 is 5.32 Å². The molecule has 1 aromatic rings. The second kappa shape index (κ2) is 11.2. The quantitative estimate of drug-likeness (QED) is 0.259. The predicted octanol–water partition coefficient (Wildman–Crippen LogP) is 4.45. The van der Waals surface area contributed by atoms with Gasteiger partial charge in [0.2, 0.25) is 0 Å². The second-order valence-corrected chi connectivity index (χ2v) is 7.88. The molecule has 0 spiro atoms. The summed E-state index contributed by atoms with van der Waals surface area (Å²) in [5.74, 6) is 0.444. The van der Waals surface area contributed by atoms with E-state index in [2.05, 4.69) is 15.2 Å². The van der Waals surface area contributed by atoms with E-state index in [0.29, 0.717) is 50.6 Å². The Morgan fingerprint density at radius 3 is 2.37 bits per heavy atom. The van der Waals surface area contributed by atoms with Gasteiger partial charge in [-0.2, -0.15) is 13.2 Å². The maximum absolute atomic E-state index is 13.0. The van der Waals surface area contributed by atoms with E-state index < -0.39 is 17.2 Å². The molecule has 1 N–H and O–H groups in total. The van der Waals surface area contributed by atoms with Crippen LogP contribution in [0.3, 0.4) is 0 Å². The van der Waals surface area contributed by atoms with Gasteiger partial charge in [-0.25, -0.2) is 0 Å². The van der Waals surface area contributed by atoms with Gasteiger partial charge in [-0.1, -0.05) is 32.0 Å². The van der Waals surface area contributed by atoms with E-state index in [1.165, 1.54) is 12.1 Å². The minimum atomic E-state index is -4.36. The topological polar surface area (TPSA) is 53.9 Å². The molecular weight excluding hydrogens is 510 g/mol. The average Bonchev–Trinajstić information content (AvgIpc) is 2.68. The zero-order valence-electron chi connectivity index (χ0n) is 17.9. The number of carbonyl (C=O) groups excluding carboxylic acids is 1. The molecule has 5 nitrogen and oxygen atoms in total. The molecular formula is C21H31F3IN3O2. The maximum Gasteiger partial charge on any atom is 0.416 e. The smallest absolute Gasteiger partial charge is 0.416 e. The number of guanidine groups is 1. The van der Waals surface area contributed by atoms with Crippen LogP contribution in [0.2, 0.25) is 0 Å². The van der Waals surface area contributed by atoms with Crippen LogP contribution in [0.5, 0.6) is 0 Å². The fourth-order valence-corrected chi connectivity index (χ4v) is 3.44. The molecule has 0 aliphatic carbocycles. The van der Waals surface area contributed by atoms with Crippen LogP contribution in [0.1, 0.15) is 44.7 Å². The van der Waals surface area contributed by atoms with Crippen LogP contribution in [0.4, 0.5) is 13.2 Å². The van der Waals surface area contributed by atoms with E-state index in [4.69, 9.17) is 4.74 Å². The Kier molecular flexibility index (Phi) is 9.90. The molecule has 9 heteroatoms. The summed E-state index contributed by atoms with van der Waals surface area (Å²) in [7, 11) is 1.68. The number of hydrogen-bond acceptors (Lipinski definition) is 3. The summed E-state index contributed by atoms with van der Waals surface area (Å²) in [6.45, 7) is 7.75. The summed E-state index contributed by atoms with van der Waals surface area (Å²) < 4.78 is 44.2. The summed E-state index contributed by atoms with van der Waals surface area (Å²) in [4.78, 5) is 18.3. The number of nitrogens with zero attached hydrogens (tertiary/aromatic N) is 2. The van der Waals surface area contributed by atoms with Gasteiger partial charge in [0.25, 0.3) is 0 Å². The fraction of sp³-hybridized carbons (Fsp3) is 0.619. The lowest BCUT2D eigenvalue weighted by molar-refractivity contribution is -0.149. The lowest BCUT2D eigenvalue weighted by atomic mass is 9.83. The zero-order valence-corrected chi connectivity index (χ0v) is 20.2. The highest BCUT2D eigenvalue weighted by Gasteiger charge is 2.33. The molecule has 1 saturated heterocycles. The molecule has 1 aliphatic heterocycles. The number of aliphatic imine (C=N–C) groups is 1.